The van der Waals surface area contributed by atoms with E-state index in [1.54, 1.807) is 45.0 Å². The second kappa shape index (κ2) is 8.82. The summed E-state index contributed by atoms with van der Waals surface area (Å²) in [6, 6.07) is 8.12. The van der Waals surface area contributed by atoms with Crippen LogP contribution in [0, 0.1) is 0 Å². The third-order valence-corrected chi connectivity index (χ3v) is 4.28. The quantitative estimate of drug-likeness (QED) is 0.449. The fraction of sp³-hybridized carbons (Fsp3) is 0.500. The number of ether oxygens (including phenoxy) is 1. The molecule has 0 aliphatic heterocycles. The predicted molar refractivity (Wildman–Crippen MR) is 82.5 cm³/mol. The third kappa shape index (κ3) is 5.87. The number of carbonyl (C=O) groups is 1. The lowest BCUT2D eigenvalue weighted by molar-refractivity contribution is -0.158. The lowest BCUT2D eigenvalue weighted by Crippen LogP contribution is -2.39. The van der Waals surface area contributed by atoms with Crippen molar-refractivity contribution < 1.29 is 18.9 Å². The Kier molecular flexibility index (Phi) is 7.43. The van der Waals surface area contributed by atoms with Crippen molar-refractivity contribution in [2.24, 2.45) is 5.73 Å². The fourth-order valence-corrected chi connectivity index (χ4v) is 2.81. The third-order valence-electron chi connectivity index (χ3n) is 2.60. The molecular weight excluding hydrogens is 291 g/mol. The second-order valence-electron chi connectivity index (χ2n) is 4.82. The molecule has 1 rings (SSSR count). The number of benzene rings is 1. The molecule has 7 heteroatoms. The lowest BCUT2D eigenvalue weighted by atomic mass is 10.3. The summed E-state index contributed by atoms with van der Waals surface area (Å²) in [4.78, 5) is 18.8. The number of rotatable bonds is 8. The Morgan fingerprint density at radius 3 is 2.43 bits per heavy atom. The van der Waals surface area contributed by atoms with Crippen LogP contribution in [0.2, 0.25) is 0 Å². The number of hydroxylamine groups is 1. The number of hydrogen-bond acceptors (Lipinski definition) is 5. The Balaban J connectivity index is 2.86. The highest BCUT2D eigenvalue weighted by Crippen LogP contribution is 2.31. The maximum Gasteiger partial charge on any atom is 0.327 e. The summed E-state index contributed by atoms with van der Waals surface area (Å²) in [5, 5.41) is 0. The molecule has 118 valence electrons. The topological polar surface area (TPSA) is 81.9 Å². The summed E-state index contributed by atoms with van der Waals surface area (Å²) < 4.78 is 17.4. The standard InChI is InChI=1S/C14H23N2O4P/c1-11(2)19-14(17)12(3)16(21(18)10-9-15)20-13-7-5-4-6-8-13/h4-8,11-12,21H,9-10,15H2,1-3H3. The van der Waals surface area contributed by atoms with E-state index in [0.717, 1.165) is 0 Å². The highest BCUT2D eigenvalue weighted by atomic mass is 31.1. The van der Waals surface area contributed by atoms with Crippen LogP contribution in [0.3, 0.4) is 0 Å². The van der Waals surface area contributed by atoms with Crippen molar-refractivity contribution >= 4 is 13.9 Å². The van der Waals surface area contributed by atoms with Crippen molar-refractivity contribution in [1.29, 1.82) is 0 Å². The molecule has 2 N–H and O–H groups in total. The molecule has 0 bridgehead atoms. The van der Waals surface area contributed by atoms with Gasteiger partial charge >= 0.3 is 5.97 Å². The van der Waals surface area contributed by atoms with Crippen LogP contribution < -0.4 is 10.6 Å². The van der Waals surface area contributed by atoms with Gasteiger partial charge in [-0.2, -0.15) is 0 Å². The van der Waals surface area contributed by atoms with Crippen molar-refractivity contribution in [1.82, 2.24) is 4.83 Å². The lowest BCUT2D eigenvalue weighted by Gasteiger charge is -2.27. The normalized spacial score (nSPS) is 14.0. The summed E-state index contributed by atoms with van der Waals surface area (Å²) in [5.41, 5.74) is 5.44. The summed E-state index contributed by atoms with van der Waals surface area (Å²) in [6.07, 6.45) is 0.0342. The Hall–Kier alpha value is -1.36. The summed E-state index contributed by atoms with van der Waals surface area (Å²) in [7, 11) is -2.32. The van der Waals surface area contributed by atoms with Gasteiger partial charge in [0.05, 0.1) is 6.10 Å². The minimum absolute atomic E-state index is 0.240. The molecule has 0 spiro atoms. The van der Waals surface area contributed by atoms with Crippen LogP contribution in [0.5, 0.6) is 5.75 Å². The monoisotopic (exact) mass is 314 g/mol. The summed E-state index contributed by atoms with van der Waals surface area (Å²) >= 11 is 0. The van der Waals surface area contributed by atoms with Gasteiger partial charge in [-0.15, -0.1) is 0 Å². The summed E-state index contributed by atoms with van der Waals surface area (Å²) in [6.45, 7) is 5.39. The number of hydrogen-bond donors (Lipinski definition) is 1. The first-order chi connectivity index (χ1) is 9.95. The maximum absolute atomic E-state index is 12.3. The molecule has 0 aliphatic carbocycles. The highest BCUT2D eigenvalue weighted by molar-refractivity contribution is 7.41. The second-order valence-corrected chi connectivity index (χ2v) is 6.55. The van der Waals surface area contributed by atoms with Gasteiger partial charge in [0, 0.05) is 12.7 Å². The Bertz CT molecular complexity index is 467. The van der Waals surface area contributed by atoms with Crippen molar-refractivity contribution in [2.75, 3.05) is 12.7 Å². The van der Waals surface area contributed by atoms with E-state index in [-0.39, 0.29) is 18.8 Å². The SMILES string of the molecule is CC(C)OC(=O)C(C)N(Oc1ccccc1)[PH](=O)CCN. The van der Waals surface area contributed by atoms with Crippen LogP contribution in [0.4, 0.5) is 0 Å². The van der Waals surface area contributed by atoms with Crippen molar-refractivity contribution in [2.45, 2.75) is 32.9 Å². The molecule has 0 saturated carbocycles. The number of esters is 1. The van der Waals surface area contributed by atoms with Gasteiger partial charge in [0.2, 0.25) is 0 Å². The van der Waals surface area contributed by atoms with E-state index < -0.39 is 20.0 Å². The molecule has 21 heavy (non-hydrogen) atoms. The van der Waals surface area contributed by atoms with Crippen LogP contribution >= 0.6 is 7.95 Å². The zero-order valence-electron chi connectivity index (χ0n) is 12.6. The van der Waals surface area contributed by atoms with Crippen LogP contribution in [-0.2, 0) is 14.1 Å². The molecule has 2 unspecified atom stereocenters. The minimum Gasteiger partial charge on any atom is -0.462 e. The number of nitrogens with two attached hydrogens (primary N) is 1. The zero-order valence-corrected chi connectivity index (χ0v) is 13.6. The van der Waals surface area contributed by atoms with Crippen molar-refractivity contribution in [3.63, 3.8) is 0 Å². The minimum atomic E-state index is -2.32. The highest BCUT2D eigenvalue weighted by Gasteiger charge is 2.29. The average Bonchev–Trinajstić information content (AvgIpc) is 2.44. The smallest absolute Gasteiger partial charge is 0.327 e. The molecule has 0 saturated heterocycles. The van der Waals surface area contributed by atoms with E-state index in [9.17, 15) is 9.36 Å². The van der Waals surface area contributed by atoms with Gasteiger partial charge in [0.15, 0.2) is 7.95 Å². The van der Waals surface area contributed by atoms with Gasteiger partial charge in [-0.3, -0.25) is 4.79 Å². The maximum atomic E-state index is 12.3. The van der Waals surface area contributed by atoms with Crippen molar-refractivity contribution in [3.05, 3.63) is 30.3 Å². The van der Waals surface area contributed by atoms with Gasteiger partial charge in [-0.25, -0.2) is 0 Å². The van der Waals surface area contributed by atoms with Crippen LogP contribution in [0.25, 0.3) is 0 Å². The molecule has 1 aromatic rings. The van der Waals surface area contributed by atoms with E-state index in [1.807, 2.05) is 6.07 Å². The first-order valence-corrected chi connectivity index (χ1v) is 8.47. The number of para-hydroxylation sites is 1. The van der Waals surface area contributed by atoms with Crippen molar-refractivity contribution in [3.8, 4) is 5.75 Å². The summed E-state index contributed by atoms with van der Waals surface area (Å²) in [5.74, 6) is 0.0355. The predicted octanol–water partition coefficient (Wildman–Crippen LogP) is 2.06. The zero-order chi connectivity index (χ0) is 15.8. The van der Waals surface area contributed by atoms with E-state index >= 15 is 0 Å². The molecule has 2 atom stereocenters. The van der Waals surface area contributed by atoms with E-state index in [1.165, 1.54) is 4.83 Å². The van der Waals surface area contributed by atoms with Crippen LogP contribution in [-0.4, -0.2) is 35.7 Å². The average molecular weight is 314 g/mol. The molecule has 1 aromatic carbocycles. The number of nitrogens with zero attached hydrogens (tertiary/aromatic N) is 1. The van der Waals surface area contributed by atoms with E-state index in [4.69, 9.17) is 15.3 Å². The van der Waals surface area contributed by atoms with Gasteiger partial charge in [-0.1, -0.05) is 23.0 Å². The molecule has 0 aliphatic rings. The molecule has 0 fully saturated rings. The first kappa shape index (κ1) is 17.7. The molecule has 0 aromatic heterocycles. The van der Waals surface area contributed by atoms with Gasteiger partial charge in [-0.05, 0) is 32.9 Å². The van der Waals surface area contributed by atoms with Gasteiger partial charge in [0.1, 0.15) is 11.8 Å². The molecule has 0 heterocycles. The van der Waals surface area contributed by atoms with E-state index in [2.05, 4.69) is 0 Å². The Morgan fingerprint density at radius 1 is 1.29 bits per heavy atom. The first-order valence-electron chi connectivity index (χ1n) is 6.91. The fourth-order valence-electron chi connectivity index (χ4n) is 1.60. The molecule has 0 radical (unpaired) electrons. The van der Waals surface area contributed by atoms with Crippen LogP contribution in [0.15, 0.2) is 30.3 Å². The molecule has 0 amide bonds. The molecule has 6 nitrogen and oxygen atoms in total. The van der Waals surface area contributed by atoms with Crippen LogP contribution in [0.1, 0.15) is 20.8 Å². The largest absolute Gasteiger partial charge is 0.462 e. The Labute approximate surface area is 126 Å². The Morgan fingerprint density at radius 2 is 1.90 bits per heavy atom. The van der Waals surface area contributed by atoms with Gasteiger partial charge in [0.25, 0.3) is 0 Å². The van der Waals surface area contributed by atoms with E-state index in [0.29, 0.717) is 5.75 Å². The number of carbonyl (C=O) groups excluding carboxylic acids is 1. The van der Waals surface area contributed by atoms with Gasteiger partial charge < -0.3 is 19.9 Å². The molecular formula is C14H23N2O4P.